The predicted octanol–water partition coefficient (Wildman–Crippen LogP) is 2.03. The van der Waals surface area contributed by atoms with Crippen LogP contribution in [0.5, 0.6) is 12.0 Å². The second kappa shape index (κ2) is 6.95. The molecule has 0 fully saturated rings. The van der Waals surface area contributed by atoms with Gasteiger partial charge in [-0.3, -0.25) is 0 Å². The largest absolute Gasteiger partial charge is 0.467 e. The number of rotatable bonds is 7. The van der Waals surface area contributed by atoms with E-state index in [1.807, 2.05) is 6.92 Å². The molecule has 0 spiro atoms. The lowest BCUT2D eigenvalue weighted by atomic mass is 10.4. The lowest BCUT2D eigenvalue weighted by Gasteiger charge is -2.09. The van der Waals surface area contributed by atoms with Crippen molar-refractivity contribution in [2.75, 3.05) is 25.6 Å². The van der Waals surface area contributed by atoms with Gasteiger partial charge in [0.1, 0.15) is 6.61 Å². The maximum atomic E-state index is 12.0. The Morgan fingerprint density at radius 1 is 1.16 bits per heavy atom. The summed E-state index contributed by atoms with van der Waals surface area (Å²) in [4.78, 5) is 11.4. The summed E-state index contributed by atoms with van der Waals surface area (Å²) >= 11 is 0. The monoisotopic (exact) mass is 280 g/mol. The zero-order chi connectivity index (χ0) is 14.3. The fourth-order valence-electron chi connectivity index (χ4n) is 1.07. The second-order valence-corrected chi connectivity index (χ2v) is 3.57. The minimum atomic E-state index is -4.28. The number of hydrogen-bond acceptors (Lipinski definition) is 6. The van der Waals surface area contributed by atoms with Crippen molar-refractivity contribution in [3.05, 3.63) is 0 Å². The first-order valence-corrected chi connectivity index (χ1v) is 5.68. The van der Waals surface area contributed by atoms with Gasteiger partial charge in [0.15, 0.2) is 0 Å². The summed E-state index contributed by atoms with van der Waals surface area (Å²) in [6.07, 6.45) is -4.50. The molecule has 0 radical (unpaired) electrons. The highest BCUT2D eigenvalue weighted by Gasteiger charge is 2.27. The van der Waals surface area contributed by atoms with Crippen LogP contribution in [0.2, 0.25) is 0 Å². The van der Waals surface area contributed by atoms with Crippen molar-refractivity contribution in [2.45, 2.75) is 25.9 Å². The standard InChI is InChI=1S/C10H15F3N4O2/c1-3-5-14-7-15-8(18-2)17-9(16-7)19-6-4-10(11,12)13/h3-6H2,1-2H3,(H,14,15,16,17). The van der Waals surface area contributed by atoms with Crippen molar-refractivity contribution < 1.29 is 22.6 Å². The normalized spacial score (nSPS) is 11.2. The van der Waals surface area contributed by atoms with Gasteiger partial charge in [-0.15, -0.1) is 4.98 Å². The van der Waals surface area contributed by atoms with Crippen molar-refractivity contribution >= 4 is 5.95 Å². The smallest absolute Gasteiger partial charge is 0.392 e. The number of ether oxygens (including phenoxy) is 2. The van der Waals surface area contributed by atoms with E-state index in [9.17, 15) is 13.2 Å². The number of methoxy groups -OCH3 is 1. The van der Waals surface area contributed by atoms with Gasteiger partial charge in [-0.2, -0.15) is 23.1 Å². The summed E-state index contributed by atoms with van der Waals surface area (Å²) in [5.74, 6) is 0.204. The van der Waals surface area contributed by atoms with Crippen LogP contribution in [0.4, 0.5) is 19.1 Å². The number of nitrogens with one attached hydrogen (secondary N) is 1. The number of nitrogens with zero attached hydrogens (tertiary/aromatic N) is 3. The summed E-state index contributed by atoms with van der Waals surface area (Å²) in [6, 6.07) is -0.217. The van der Waals surface area contributed by atoms with Gasteiger partial charge >= 0.3 is 18.2 Å². The summed E-state index contributed by atoms with van der Waals surface area (Å²) in [5.41, 5.74) is 0. The van der Waals surface area contributed by atoms with E-state index in [1.165, 1.54) is 7.11 Å². The molecule has 1 heterocycles. The highest BCUT2D eigenvalue weighted by atomic mass is 19.4. The first-order chi connectivity index (χ1) is 8.94. The molecule has 0 bridgehead atoms. The van der Waals surface area contributed by atoms with Crippen LogP contribution in [0.25, 0.3) is 0 Å². The van der Waals surface area contributed by atoms with E-state index in [0.717, 1.165) is 6.42 Å². The molecule has 19 heavy (non-hydrogen) atoms. The molecule has 6 nitrogen and oxygen atoms in total. The van der Waals surface area contributed by atoms with Crippen molar-refractivity contribution in [3.8, 4) is 12.0 Å². The highest BCUT2D eigenvalue weighted by molar-refractivity contribution is 5.27. The molecule has 0 unspecified atom stereocenters. The molecule has 1 aromatic heterocycles. The van der Waals surface area contributed by atoms with E-state index in [-0.39, 0.29) is 18.0 Å². The number of hydrogen-bond donors (Lipinski definition) is 1. The molecule has 1 aromatic rings. The fraction of sp³-hybridized carbons (Fsp3) is 0.700. The Balaban J connectivity index is 2.65. The Labute approximate surface area is 108 Å². The molecule has 0 saturated carbocycles. The van der Waals surface area contributed by atoms with Crippen LogP contribution in [0.1, 0.15) is 19.8 Å². The first-order valence-electron chi connectivity index (χ1n) is 5.68. The average Bonchev–Trinajstić information content (AvgIpc) is 2.34. The van der Waals surface area contributed by atoms with Crippen LogP contribution in [-0.2, 0) is 0 Å². The van der Waals surface area contributed by atoms with Crippen molar-refractivity contribution in [1.29, 1.82) is 0 Å². The predicted molar refractivity (Wildman–Crippen MR) is 61.3 cm³/mol. The summed E-state index contributed by atoms with van der Waals surface area (Å²) < 4.78 is 45.6. The zero-order valence-electron chi connectivity index (χ0n) is 10.6. The van der Waals surface area contributed by atoms with Crippen LogP contribution < -0.4 is 14.8 Å². The second-order valence-electron chi connectivity index (χ2n) is 3.57. The van der Waals surface area contributed by atoms with E-state index in [0.29, 0.717) is 6.54 Å². The number of aromatic nitrogens is 3. The van der Waals surface area contributed by atoms with Gasteiger partial charge in [0.25, 0.3) is 0 Å². The third-order valence-electron chi connectivity index (χ3n) is 1.93. The molecule has 0 aliphatic carbocycles. The highest BCUT2D eigenvalue weighted by Crippen LogP contribution is 2.20. The van der Waals surface area contributed by atoms with Gasteiger partial charge in [-0.05, 0) is 6.42 Å². The Morgan fingerprint density at radius 3 is 2.42 bits per heavy atom. The van der Waals surface area contributed by atoms with Crippen molar-refractivity contribution in [3.63, 3.8) is 0 Å². The SMILES string of the molecule is CCCNc1nc(OC)nc(OCCC(F)(F)F)n1. The van der Waals surface area contributed by atoms with E-state index >= 15 is 0 Å². The van der Waals surface area contributed by atoms with E-state index < -0.39 is 19.2 Å². The summed E-state index contributed by atoms with van der Waals surface area (Å²) in [5, 5.41) is 2.87. The number of anilines is 1. The Morgan fingerprint density at radius 2 is 1.84 bits per heavy atom. The van der Waals surface area contributed by atoms with Crippen LogP contribution >= 0.6 is 0 Å². The first kappa shape index (κ1) is 15.3. The summed E-state index contributed by atoms with van der Waals surface area (Å²) in [7, 11) is 1.35. The Kier molecular flexibility index (Phi) is 5.58. The van der Waals surface area contributed by atoms with Gasteiger partial charge < -0.3 is 14.8 Å². The topological polar surface area (TPSA) is 69.2 Å². The average molecular weight is 280 g/mol. The van der Waals surface area contributed by atoms with Crippen LogP contribution in [0.15, 0.2) is 0 Å². The van der Waals surface area contributed by atoms with E-state index in [1.54, 1.807) is 0 Å². The minimum Gasteiger partial charge on any atom is -0.467 e. The lowest BCUT2D eigenvalue weighted by molar-refractivity contribution is -0.139. The van der Waals surface area contributed by atoms with Crippen molar-refractivity contribution in [2.24, 2.45) is 0 Å². The van der Waals surface area contributed by atoms with Crippen LogP contribution in [0.3, 0.4) is 0 Å². The molecule has 0 atom stereocenters. The number of alkyl halides is 3. The van der Waals surface area contributed by atoms with Crippen LogP contribution in [0, 0.1) is 0 Å². The molecule has 0 aromatic carbocycles. The molecular formula is C10H15F3N4O2. The number of halogens is 3. The fourth-order valence-corrected chi connectivity index (χ4v) is 1.07. The summed E-state index contributed by atoms with van der Waals surface area (Å²) in [6.45, 7) is 2.02. The maximum Gasteiger partial charge on any atom is 0.392 e. The molecule has 9 heteroatoms. The molecule has 1 rings (SSSR count). The zero-order valence-corrected chi connectivity index (χ0v) is 10.6. The minimum absolute atomic E-state index is 0.0180. The molecule has 0 aliphatic rings. The van der Waals surface area contributed by atoms with Gasteiger partial charge in [-0.25, -0.2) is 0 Å². The molecule has 108 valence electrons. The van der Waals surface area contributed by atoms with Crippen LogP contribution in [-0.4, -0.2) is 41.4 Å². The lowest BCUT2D eigenvalue weighted by Crippen LogP contribution is -2.15. The third-order valence-corrected chi connectivity index (χ3v) is 1.93. The molecule has 1 N–H and O–H groups in total. The maximum absolute atomic E-state index is 12.0. The molecule has 0 amide bonds. The van der Waals surface area contributed by atoms with E-state index in [2.05, 4.69) is 20.3 Å². The van der Waals surface area contributed by atoms with Gasteiger partial charge in [0.05, 0.1) is 13.5 Å². The third kappa shape index (κ3) is 6.07. The molecule has 0 saturated heterocycles. The van der Waals surface area contributed by atoms with Gasteiger partial charge in [-0.1, -0.05) is 6.92 Å². The Hall–Kier alpha value is -1.80. The van der Waals surface area contributed by atoms with E-state index in [4.69, 9.17) is 9.47 Å². The van der Waals surface area contributed by atoms with Gasteiger partial charge in [0, 0.05) is 6.54 Å². The van der Waals surface area contributed by atoms with Gasteiger partial charge in [0.2, 0.25) is 5.95 Å². The quantitative estimate of drug-likeness (QED) is 0.824. The van der Waals surface area contributed by atoms with Crippen molar-refractivity contribution in [1.82, 2.24) is 15.0 Å². The molecular weight excluding hydrogens is 265 g/mol. The molecule has 0 aliphatic heterocycles. The Bertz CT molecular complexity index is 401.